The van der Waals surface area contributed by atoms with Crippen molar-refractivity contribution in [2.75, 3.05) is 38.1 Å². The Balaban J connectivity index is 1.80. The van der Waals surface area contributed by atoms with E-state index in [-0.39, 0.29) is 24.8 Å². The molecule has 0 aliphatic carbocycles. The lowest BCUT2D eigenvalue weighted by Gasteiger charge is -2.20. The first-order chi connectivity index (χ1) is 13.1. The lowest BCUT2D eigenvalue weighted by atomic mass is 10.1. The van der Waals surface area contributed by atoms with E-state index < -0.39 is 5.92 Å². The van der Waals surface area contributed by atoms with Gasteiger partial charge in [-0.15, -0.1) is 0 Å². The molecule has 1 N–H and O–H groups in total. The topological polar surface area (TPSA) is 77.1 Å². The van der Waals surface area contributed by atoms with Gasteiger partial charge in [0.05, 0.1) is 32.9 Å². The second kappa shape index (κ2) is 7.99. The molecule has 0 bridgehead atoms. The summed E-state index contributed by atoms with van der Waals surface area (Å²) in [6.07, 6.45) is 0.148. The van der Waals surface area contributed by atoms with Crippen molar-refractivity contribution in [2.45, 2.75) is 6.42 Å². The third-order valence-electron chi connectivity index (χ3n) is 4.50. The molecule has 1 atom stereocenters. The third kappa shape index (κ3) is 3.81. The molecule has 1 heterocycles. The number of carbonyl (C=O) groups excluding carboxylic acids is 2. The highest BCUT2D eigenvalue weighted by Crippen LogP contribution is 2.42. The van der Waals surface area contributed by atoms with Gasteiger partial charge in [0.2, 0.25) is 17.6 Å². The molecule has 7 heteroatoms. The molecule has 0 saturated carbocycles. The van der Waals surface area contributed by atoms with Gasteiger partial charge in [0.1, 0.15) is 0 Å². The molecule has 0 spiro atoms. The van der Waals surface area contributed by atoms with Gasteiger partial charge in [0, 0.05) is 30.8 Å². The molecule has 1 saturated heterocycles. The van der Waals surface area contributed by atoms with Gasteiger partial charge in [-0.3, -0.25) is 9.59 Å². The zero-order valence-electron chi connectivity index (χ0n) is 15.5. The molecule has 2 aromatic rings. The highest BCUT2D eigenvalue weighted by atomic mass is 16.5. The van der Waals surface area contributed by atoms with Gasteiger partial charge in [-0.1, -0.05) is 18.2 Å². The number of hydrogen-bond donors (Lipinski definition) is 1. The van der Waals surface area contributed by atoms with Gasteiger partial charge in [-0.05, 0) is 12.1 Å². The summed E-state index contributed by atoms with van der Waals surface area (Å²) in [6.45, 7) is 0.288. The molecule has 2 aromatic carbocycles. The number of hydrogen-bond acceptors (Lipinski definition) is 5. The minimum absolute atomic E-state index is 0.127. The van der Waals surface area contributed by atoms with Crippen molar-refractivity contribution in [3.05, 3.63) is 42.5 Å². The summed E-state index contributed by atoms with van der Waals surface area (Å²) >= 11 is 0. The maximum absolute atomic E-state index is 12.5. The summed E-state index contributed by atoms with van der Waals surface area (Å²) in [5, 5.41) is 2.85. The minimum Gasteiger partial charge on any atom is -0.493 e. The molecule has 0 aromatic heterocycles. The lowest BCUT2D eigenvalue weighted by Crippen LogP contribution is -2.28. The Morgan fingerprint density at radius 1 is 1.04 bits per heavy atom. The van der Waals surface area contributed by atoms with Crippen LogP contribution in [0.5, 0.6) is 17.2 Å². The van der Waals surface area contributed by atoms with Gasteiger partial charge in [0.25, 0.3) is 0 Å². The molecular formula is C20H22N2O5. The predicted molar refractivity (Wildman–Crippen MR) is 102 cm³/mol. The molecule has 1 unspecified atom stereocenters. The third-order valence-corrected chi connectivity index (χ3v) is 4.50. The number of amides is 2. The smallest absolute Gasteiger partial charge is 0.229 e. The average molecular weight is 370 g/mol. The van der Waals surface area contributed by atoms with E-state index in [1.165, 1.54) is 21.3 Å². The van der Waals surface area contributed by atoms with Crippen LogP contribution < -0.4 is 24.4 Å². The highest BCUT2D eigenvalue weighted by molar-refractivity contribution is 6.03. The van der Waals surface area contributed by atoms with E-state index in [0.29, 0.717) is 28.6 Å². The van der Waals surface area contributed by atoms with Crippen molar-refractivity contribution in [1.29, 1.82) is 0 Å². The number of carbonyl (C=O) groups is 2. The monoisotopic (exact) mass is 370 g/mol. The first kappa shape index (κ1) is 18.6. The molecule has 1 fully saturated rings. The van der Waals surface area contributed by atoms with E-state index in [1.54, 1.807) is 17.0 Å². The van der Waals surface area contributed by atoms with Crippen molar-refractivity contribution in [2.24, 2.45) is 5.92 Å². The fourth-order valence-electron chi connectivity index (χ4n) is 3.12. The Morgan fingerprint density at radius 2 is 1.67 bits per heavy atom. The summed E-state index contributed by atoms with van der Waals surface area (Å²) in [4.78, 5) is 26.6. The average Bonchev–Trinajstić information content (AvgIpc) is 3.09. The van der Waals surface area contributed by atoms with Gasteiger partial charge in [0.15, 0.2) is 11.5 Å². The summed E-state index contributed by atoms with van der Waals surface area (Å²) in [5.74, 6) is 0.626. The Labute approximate surface area is 157 Å². The Hall–Kier alpha value is -3.22. The van der Waals surface area contributed by atoms with Crippen LogP contribution >= 0.6 is 0 Å². The van der Waals surface area contributed by atoms with Crippen molar-refractivity contribution < 1.29 is 23.8 Å². The fraction of sp³-hybridized carbons (Fsp3) is 0.300. The van der Waals surface area contributed by atoms with Gasteiger partial charge in [-0.2, -0.15) is 0 Å². The van der Waals surface area contributed by atoms with Crippen LogP contribution in [0.25, 0.3) is 0 Å². The number of anilines is 2. The second-order valence-corrected chi connectivity index (χ2v) is 6.14. The molecule has 1 aliphatic heterocycles. The quantitative estimate of drug-likeness (QED) is 0.846. The Morgan fingerprint density at radius 3 is 2.22 bits per heavy atom. The molecule has 1 aliphatic rings. The first-order valence-electron chi connectivity index (χ1n) is 8.53. The zero-order valence-corrected chi connectivity index (χ0v) is 15.5. The van der Waals surface area contributed by atoms with E-state index >= 15 is 0 Å². The van der Waals surface area contributed by atoms with Crippen molar-refractivity contribution in [3.63, 3.8) is 0 Å². The predicted octanol–water partition coefficient (Wildman–Crippen LogP) is 2.70. The van der Waals surface area contributed by atoms with Crippen LogP contribution in [0, 0.1) is 5.92 Å². The van der Waals surface area contributed by atoms with Crippen LogP contribution in [0.4, 0.5) is 11.4 Å². The first-order valence-corrected chi connectivity index (χ1v) is 8.53. The maximum atomic E-state index is 12.5. The lowest BCUT2D eigenvalue weighted by molar-refractivity contribution is -0.122. The Kier molecular flexibility index (Phi) is 5.49. The number of nitrogens with one attached hydrogen (secondary N) is 1. The zero-order chi connectivity index (χ0) is 19.4. The van der Waals surface area contributed by atoms with Gasteiger partial charge in [-0.25, -0.2) is 0 Å². The normalized spacial score (nSPS) is 16.2. The van der Waals surface area contributed by atoms with E-state index in [0.717, 1.165) is 0 Å². The molecule has 0 radical (unpaired) electrons. The summed E-state index contributed by atoms with van der Waals surface area (Å²) in [5.41, 5.74) is 1.31. The molecule has 27 heavy (non-hydrogen) atoms. The maximum Gasteiger partial charge on any atom is 0.229 e. The number of para-hydroxylation sites is 1. The van der Waals surface area contributed by atoms with Gasteiger partial charge >= 0.3 is 0 Å². The summed E-state index contributed by atoms with van der Waals surface area (Å²) in [7, 11) is 4.55. The number of ether oxygens (including phenoxy) is 3. The van der Waals surface area contributed by atoms with Crippen LogP contribution in [0.1, 0.15) is 6.42 Å². The standard InChI is InChI=1S/C20H22N2O5/c1-25-16-10-15(11-17(26-2)19(16)27-3)22-12-13(9-18(22)23)20(24)21-14-7-5-4-6-8-14/h4-8,10-11,13H,9,12H2,1-3H3,(H,21,24). The second-order valence-electron chi connectivity index (χ2n) is 6.14. The summed E-state index contributed by atoms with van der Waals surface area (Å²) < 4.78 is 16.0. The van der Waals surface area contributed by atoms with Crippen LogP contribution in [0.3, 0.4) is 0 Å². The Bertz CT molecular complexity index is 813. The van der Waals surface area contributed by atoms with E-state index in [4.69, 9.17) is 14.2 Å². The van der Waals surface area contributed by atoms with Crippen LogP contribution in [-0.2, 0) is 9.59 Å². The molecule has 142 valence electrons. The largest absolute Gasteiger partial charge is 0.493 e. The van der Waals surface area contributed by atoms with Crippen molar-refractivity contribution >= 4 is 23.2 Å². The van der Waals surface area contributed by atoms with Crippen LogP contribution in [-0.4, -0.2) is 39.7 Å². The fourth-order valence-corrected chi connectivity index (χ4v) is 3.12. The van der Waals surface area contributed by atoms with Gasteiger partial charge < -0.3 is 24.4 Å². The number of methoxy groups -OCH3 is 3. The molecule has 7 nitrogen and oxygen atoms in total. The highest BCUT2D eigenvalue weighted by Gasteiger charge is 2.36. The molecule has 3 rings (SSSR count). The minimum atomic E-state index is -0.434. The van der Waals surface area contributed by atoms with Crippen LogP contribution in [0.15, 0.2) is 42.5 Å². The SMILES string of the molecule is COc1cc(N2CC(C(=O)Nc3ccccc3)CC2=O)cc(OC)c1OC. The number of nitrogens with zero attached hydrogens (tertiary/aromatic N) is 1. The van der Waals surface area contributed by atoms with E-state index in [1.807, 2.05) is 30.3 Å². The van der Waals surface area contributed by atoms with Crippen LogP contribution in [0.2, 0.25) is 0 Å². The molecular weight excluding hydrogens is 348 g/mol. The summed E-state index contributed by atoms with van der Waals surface area (Å²) in [6, 6.07) is 12.6. The van der Waals surface area contributed by atoms with Crippen molar-refractivity contribution in [3.8, 4) is 17.2 Å². The number of rotatable bonds is 6. The van der Waals surface area contributed by atoms with Crippen molar-refractivity contribution in [1.82, 2.24) is 0 Å². The van der Waals surface area contributed by atoms with E-state index in [9.17, 15) is 9.59 Å². The number of benzene rings is 2. The van der Waals surface area contributed by atoms with E-state index in [2.05, 4.69) is 5.32 Å². The molecule has 2 amide bonds.